The molecule has 2 aromatic heterocycles. The predicted molar refractivity (Wildman–Crippen MR) is 93.5 cm³/mol. The molecule has 2 N–H and O–H groups in total. The molecule has 0 spiro atoms. The van der Waals surface area contributed by atoms with Crippen molar-refractivity contribution in [3.05, 3.63) is 64.6 Å². The Hall–Kier alpha value is -2.93. The summed E-state index contributed by atoms with van der Waals surface area (Å²) in [6.07, 6.45) is 3.22. The number of carbonyl (C=O) groups excluding carboxylic acids is 1. The molecule has 0 fully saturated rings. The van der Waals surface area contributed by atoms with Gasteiger partial charge in [0.15, 0.2) is 0 Å². The largest absolute Gasteiger partial charge is 0.424 e. The standard InChI is InChI=1S/C17H16N4O2S/c1-12-3-8-15(24-12)11-20-16(22)21-13-4-6-14(7-5-13)23-17-18-9-2-10-19-17/h2-10H,11H2,1H3,(H2,20,21,22). The molecule has 2 heterocycles. The van der Waals surface area contributed by atoms with Crippen molar-refractivity contribution in [3.8, 4) is 11.8 Å². The summed E-state index contributed by atoms with van der Waals surface area (Å²) in [7, 11) is 0. The molecule has 122 valence electrons. The topological polar surface area (TPSA) is 76.1 Å². The number of anilines is 1. The summed E-state index contributed by atoms with van der Waals surface area (Å²) < 4.78 is 5.50. The number of nitrogens with zero attached hydrogens (tertiary/aromatic N) is 2. The minimum Gasteiger partial charge on any atom is -0.424 e. The number of ether oxygens (including phenoxy) is 1. The Bertz CT molecular complexity index is 803. The van der Waals surface area contributed by atoms with E-state index < -0.39 is 0 Å². The number of carbonyl (C=O) groups is 1. The number of aryl methyl sites for hydroxylation is 1. The van der Waals surface area contributed by atoms with Gasteiger partial charge in [0.2, 0.25) is 0 Å². The van der Waals surface area contributed by atoms with Crippen LogP contribution in [0.5, 0.6) is 11.8 Å². The quantitative estimate of drug-likeness (QED) is 0.737. The van der Waals surface area contributed by atoms with Crippen LogP contribution in [0, 0.1) is 6.92 Å². The smallest absolute Gasteiger partial charge is 0.321 e. The van der Waals surface area contributed by atoms with E-state index in [9.17, 15) is 4.79 Å². The SMILES string of the molecule is Cc1ccc(CNC(=O)Nc2ccc(Oc3ncccn3)cc2)s1. The van der Waals surface area contributed by atoms with Gasteiger partial charge >= 0.3 is 12.0 Å². The van der Waals surface area contributed by atoms with Gasteiger partial charge in [-0.1, -0.05) is 0 Å². The van der Waals surface area contributed by atoms with Crippen molar-refractivity contribution in [2.75, 3.05) is 5.32 Å². The number of benzene rings is 1. The van der Waals surface area contributed by atoms with E-state index in [1.165, 1.54) is 4.88 Å². The van der Waals surface area contributed by atoms with E-state index in [1.54, 1.807) is 54.1 Å². The highest BCUT2D eigenvalue weighted by Crippen LogP contribution is 2.20. The van der Waals surface area contributed by atoms with Crippen molar-refractivity contribution < 1.29 is 9.53 Å². The van der Waals surface area contributed by atoms with E-state index in [2.05, 4.69) is 20.6 Å². The molecule has 3 rings (SSSR count). The average Bonchev–Trinajstić information content (AvgIpc) is 3.01. The number of hydrogen-bond acceptors (Lipinski definition) is 5. The van der Waals surface area contributed by atoms with Gasteiger partial charge < -0.3 is 15.4 Å². The van der Waals surface area contributed by atoms with Crippen LogP contribution in [0.15, 0.2) is 54.9 Å². The molecular weight excluding hydrogens is 324 g/mol. The molecule has 7 heteroatoms. The van der Waals surface area contributed by atoms with Crippen LogP contribution in [0.1, 0.15) is 9.75 Å². The van der Waals surface area contributed by atoms with E-state index in [0.29, 0.717) is 18.0 Å². The number of nitrogens with one attached hydrogen (secondary N) is 2. The molecule has 24 heavy (non-hydrogen) atoms. The van der Waals surface area contributed by atoms with Crippen LogP contribution in [-0.4, -0.2) is 16.0 Å². The summed E-state index contributed by atoms with van der Waals surface area (Å²) in [4.78, 5) is 22.2. The fourth-order valence-corrected chi connectivity index (χ4v) is 2.80. The van der Waals surface area contributed by atoms with Crippen molar-refractivity contribution in [3.63, 3.8) is 0 Å². The Morgan fingerprint density at radius 1 is 1.12 bits per heavy atom. The highest BCUT2D eigenvalue weighted by molar-refractivity contribution is 7.11. The fraction of sp³-hybridized carbons (Fsp3) is 0.118. The molecule has 0 aliphatic rings. The maximum atomic E-state index is 11.9. The van der Waals surface area contributed by atoms with Gasteiger partial charge in [-0.15, -0.1) is 11.3 Å². The second-order valence-corrected chi connectivity index (χ2v) is 6.35. The molecule has 0 unspecified atom stereocenters. The Kier molecular flexibility index (Phi) is 5.02. The summed E-state index contributed by atoms with van der Waals surface area (Å²) in [5, 5.41) is 5.60. The minimum absolute atomic E-state index is 0.249. The normalized spacial score (nSPS) is 10.2. The molecule has 0 radical (unpaired) electrons. The first-order valence-corrected chi connectivity index (χ1v) is 8.16. The molecule has 0 atom stereocenters. The number of amides is 2. The lowest BCUT2D eigenvalue weighted by atomic mass is 10.3. The van der Waals surface area contributed by atoms with Gasteiger partial charge in [0.05, 0.1) is 6.54 Å². The van der Waals surface area contributed by atoms with Crippen molar-refractivity contribution in [2.45, 2.75) is 13.5 Å². The van der Waals surface area contributed by atoms with Gasteiger partial charge in [0, 0.05) is 27.8 Å². The van der Waals surface area contributed by atoms with Gasteiger partial charge in [-0.3, -0.25) is 0 Å². The van der Waals surface area contributed by atoms with E-state index >= 15 is 0 Å². The second kappa shape index (κ2) is 7.56. The first-order valence-electron chi connectivity index (χ1n) is 7.34. The van der Waals surface area contributed by atoms with E-state index in [-0.39, 0.29) is 12.0 Å². The Labute approximate surface area is 143 Å². The number of urea groups is 1. The number of rotatable bonds is 5. The van der Waals surface area contributed by atoms with Crippen LogP contribution < -0.4 is 15.4 Å². The molecular formula is C17H16N4O2S. The van der Waals surface area contributed by atoms with Gasteiger partial charge in [0.1, 0.15) is 5.75 Å². The average molecular weight is 340 g/mol. The zero-order valence-corrected chi connectivity index (χ0v) is 13.8. The van der Waals surface area contributed by atoms with Crippen LogP contribution in [0.25, 0.3) is 0 Å². The minimum atomic E-state index is -0.249. The van der Waals surface area contributed by atoms with Gasteiger partial charge in [0.25, 0.3) is 0 Å². The molecule has 0 bridgehead atoms. The number of hydrogen-bond donors (Lipinski definition) is 2. The second-order valence-electron chi connectivity index (χ2n) is 4.98. The molecule has 1 aromatic carbocycles. The van der Waals surface area contributed by atoms with Crippen LogP contribution in [-0.2, 0) is 6.54 Å². The van der Waals surface area contributed by atoms with Gasteiger partial charge in [-0.05, 0) is 49.4 Å². The lowest BCUT2D eigenvalue weighted by Gasteiger charge is -2.08. The lowest BCUT2D eigenvalue weighted by Crippen LogP contribution is -2.27. The number of thiophene rings is 1. The van der Waals surface area contributed by atoms with E-state index in [1.807, 2.05) is 19.1 Å². The Morgan fingerprint density at radius 3 is 2.54 bits per heavy atom. The maximum Gasteiger partial charge on any atom is 0.321 e. The van der Waals surface area contributed by atoms with Crippen LogP contribution >= 0.6 is 11.3 Å². The van der Waals surface area contributed by atoms with Gasteiger partial charge in [-0.25, -0.2) is 14.8 Å². The summed E-state index contributed by atoms with van der Waals surface area (Å²) in [6.45, 7) is 2.55. The predicted octanol–water partition coefficient (Wildman–Crippen LogP) is 3.96. The van der Waals surface area contributed by atoms with Crippen LogP contribution in [0.2, 0.25) is 0 Å². The van der Waals surface area contributed by atoms with E-state index in [0.717, 1.165) is 4.88 Å². The summed E-state index contributed by atoms with van der Waals surface area (Å²) in [5.41, 5.74) is 0.677. The molecule has 0 aliphatic heterocycles. The summed E-state index contributed by atoms with van der Waals surface area (Å²) in [5.74, 6) is 0.598. The molecule has 3 aromatic rings. The zero-order valence-electron chi connectivity index (χ0n) is 13.0. The highest BCUT2D eigenvalue weighted by atomic mass is 32.1. The van der Waals surface area contributed by atoms with Crippen molar-refractivity contribution in [1.29, 1.82) is 0 Å². The first-order chi connectivity index (χ1) is 11.7. The monoisotopic (exact) mass is 340 g/mol. The number of aromatic nitrogens is 2. The highest BCUT2D eigenvalue weighted by Gasteiger charge is 2.04. The third-order valence-corrected chi connectivity index (χ3v) is 4.08. The lowest BCUT2D eigenvalue weighted by molar-refractivity contribution is 0.252. The molecule has 0 saturated heterocycles. The fourth-order valence-electron chi connectivity index (χ4n) is 1.97. The van der Waals surface area contributed by atoms with Crippen molar-refractivity contribution in [1.82, 2.24) is 15.3 Å². The van der Waals surface area contributed by atoms with Crippen molar-refractivity contribution in [2.24, 2.45) is 0 Å². The zero-order chi connectivity index (χ0) is 16.8. The molecule has 6 nitrogen and oxygen atoms in total. The molecule has 0 aliphatic carbocycles. The van der Waals surface area contributed by atoms with Crippen molar-refractivity contribution >= 4 is 23.1 Å². The van der Waals surface area contributed by atoms with E-state index in [4.69, 9.17) is 4.74 Å². The maximum absolute atomic E-state index is 11.9. The van der Waals surface area contributed by atoms with Crippen LogP contribution in [0.4, 0.5) is 10.5 Å². The third-order valence-electron chi connectivity index (χ3n) is 3.08. The van der Waals surface area contributed by atoms with Gasteiger partial charge in [-0.2, -0.15) is 0 Å². The summed E-state index contributed by atoms with van der Waals surface area (Å²) in [6, 6.07) is 12.8. The molecule has 2 amide bonds. The molecule has 0 saturated carbocycles. The Morgan fingerprint density at radius 2 is 1.88 bits per heavy atom. The van der Waals surface area contributed by atoms with Crippen LogP contribution in [0.3, 0.4) is 0 Å². The third kappa shape index (κ3) is 4.53. The summed E-state index contributed by atoms with van der Waals surface area (Å²) >= 11 is 1.67. The Balaban J connectivity index is 1.51. The first kappa shape index (κ1) is 15.9.